The van der Waals surface area contributed by atoms with Crippen LogP contribution in [0.4, 0.5) is 11.4 Å². The van der Waals surface area contributed by atoms with E-state index in [-0.39, 0.29) is 23.9 Å². The molecule has 6 nitrogen and oxygen atoms in total. The Labute approximate surface area is 178 Å². The first-order valence-corrected chi connectivity index (χ1v) is 9.79. The highest BCUT2D eigenvalue weighted by molar-refractivity contribution is 6.44. The number of rotatable bonds is 5. The van der Waals surface area contributed by atoms with Crippen molar-refractivity contribution in [2.45, 2.75) is 20.3 Å². The summed E-state index contributed by atoms with van der Waals surface area (Å²) >= 11 is 12.2. The fourth-order valence-electron chi connectivity index (χ4n) is 3.30. The zero-order valence-electron chi connectivity index (χ0n) is 16.0. The Balaban J connectivity index is 1.56. The van der Waals surface area contributed by atoms with Crippen molar-refractivity contribution in [1.82, 2.24) is 0 Å². The molecular weight excluding hydrogens is 415 g/mol. The molecule has 0 unspecified atom stereocenters. The van der Waals surface area contributed by atoms with Crippen LogP contribution in [-0.2, 0) is 19.1 Å². The van der Waals surface area contributed by atoms with E-state index < -0.39 is 24.4 Å². The van der Waals surface area contributed by atoms with Gasteiger partial charge in [-0.3, -0.25) is 14.4 Å². The lowest BCUT2D eigenvalue weighted by molar-refractivity contribution is -0.151. The van der Waals surface area contributed by atoms with Crippen molar-refractivity contribution in [1.29, 1.82) is 0 Å². The Morgan fingerprint density at radius 1 is 1.17 bits per heavy atom. The van der Waals surface area contributed by atoms with Gasteiger partial charge in [0.05, 0.1) is 21.7 Å². The van der Waals surface area contributed by atoms with Gasteiger partial charge >= 0.3 is 5.97 Å². The molecule has 2 amide bonds. The number of hydrogen-bond donors (Lipinski definition) is 1. The Bertz CT molecular complexity index is 957. The van der Waals surface area contributed by atoms with Gasteiger partial charge in [0, 0.05) is 18.7 Å². The van der Waals surface area contributed by atoms with E-state index in [1.807, 2.05) is 32.0 Å². The average Bonchev–Trinajstić information content (AvgIpc) is 3.03. The van der Waals surface area contributed by atoms with Gasteiger partial charge in [0.25, 0.3) is 5.91 Å². The van der Waals surface area contributed by atoms with Crippen LogP contribution in [0, 0.1) is 19.8 Å². The van der Waals surface area contributed by atoms with Crippen molar-refractivity contribution in [2.24, 2.45) is 5.92 Å². The summed E-state index contributed by atoms with van der Waals surface area (Å²) in [6.45, 7) is 3.56. The number of nitrogens with zero attached hydrogens (tertiary/aromatic N) is 1. The summed E-state index contributed by atoms with van der Waals surface area (Å²) in [6, 6.07) is 10.6. The van der Waals surface area contributed by atoms with E-state index in [1.54, 1.807) is 18.2 Å². The maximum atomic E-state index is 12.3. The van der Waals surface area contributed by atoms with Crippen LogP contribution < -0.4 is 10.2 Å². The van der Waals surface area contributed by atoms with E-state index in [4.69, 9.17) is 27.9 Å². The van der Waals surface area contributed by atoms with Gasteiger partial charge in [-0.25, -0.2) is 0 Å². The highest BCUT2D eigenvalue weighted by Gasteiger charge is 2.37. The van der Waals surface area contributed by atoms with Gasteiger partial charge in [-0.2, -0.15) is 0 Å². The fraction of sp³-hybridized carbons (Fsp3) is 0.286. The molecule has 1 aliphatic heterocycles. The highest BCUT2D eigenvalue weighted by atomic mass is 35.5. The van der Waals surface area contributed by atoms with Crippen molar-refractivity contribution in [3.63, 3.8) is 0 Å². The number of amides is 2. The van der Waals surface area contributed by atoms with Crippen molar-refractivity contribution in [3.8, 4) is 0 Å². The topological polar surface area (TPSA) is 75.7 Å². The van der Waals surface area contributed by atoms with E-state index in [9.17, 15) is 14.4 Å². The zero-order chi connectivity index (χ0) is 21.1. The molecule has 29 heavy (non-hydrogen) atoms. The SMILES string of the molecule is Cc1cc(C)cc(NC(=O)COC(=O)[C@@H]2CC(=O)N(c3cccc(Cl)c3Cl)C2)c1. The molecule has 1 fully saturated rings. The number of halogens is 2. The second-order valence-electron chi connectivity index (χ2n) is 7.01. The smallest absolute Gasteiger partial charge is 0.311 e. The fourth-order valence-corrected chi connectivity index (χ4v) is 3.70. The first-order valence-electron chi connectivity index (χ1n) is 9.03. The largest absolute Gasteiger partial charge is 0.455 e. The predicted molar refractivity (Wildman–Crippen MR) is 112 cm³/mol. The molecule has 0 saturated carbocycles. The molecule has 152 valence electrons. The predicted octanol–water partition coefficient (Wildman–Crippen LogP) is 4.15. The number of esters is 1. The summed E-state index contributed by atoms with van der Waals surface area (Å²) in [4.78, 5) is 38.2. The summed E-state index contributed by atoms with van der Waals surface area (Å²) in [5.74, 6) is -1.97. The lowest BCUT2D eigenvalue weighted by Crippen LogP contribution is -2.28. The molecule has 1 N–H and O–H groups in total. The molecule has 0 aromatic heterocycles. The number of carbonyl (C=O) groups is 3. The van der Waals surface area contributed by atoms with Crippen molar-refractivity contribution >= 4 is 52.4 Å². The molecule has 3 rings (SSSR count). The lowest BCUT2D eigenvalue weighted by atomic mass is 10.1. The molecule has 1 heterocycles. The second kappa shape index (κ2) is 8.84. The minimum absolute atomic E-state index is 0.0135. The average molecular weight is 435 g/mol. The third-order valence-corrected chi connectivity index (χ3v) is 5.34. The normalized spacial score (nSPS) is 16.1. The van der Waals surface area contributed by atoms with Gasteiger partial charge in [-0.05, 0) is 49.2 Å². The number of carbonyl (C=O) groups excluding carboxylic acids is 3. The van der Waals surface area contributed by atoms with Crippen molar-refractivity contribution in [3.05, 3.63) is 57.6 Å². The molecule has 2 aromatic carbocycles. The molecule has 8 heteroatoms. The molecule has 0 bridgehead atoms. The first kappa shape index (κ1) is 21.1. The van der Waals surface area contributed by atoms with Crippen LogP contribution in [-0.4, -0.2) is 30.9 Å². The summed E-state index contributed by atoms with van der Waals surface area (Å²) in [5.41, 5.74) is 3.12. The molecule has 0 aliphatic carbocycles. The van der Waals surface area contributed by atoms with E-state index in [0.29, 0.717) is 16.4 Å². The van der Waals surface area contributed by atoms with Gasteiger partial charge < -0.3 is 15.0 Å². The zero-order valence-corrected chi connectivity index (χ0v) is 17.5. The molecule has 1 atom stereocenters. The molecule has 1 aliphatic rings. The van der Waals surface area contributed by atoms with Crippen LogP contribution in [0.15, 0.2) is 36.4 Å². The summed E-state index contributed by atoms with van der Waals surface area (Å²) in [6.07, 6.45) is -0.0135. The number of ether oxygens (including phenoxy) is 1. The monoisotopic (exact) mass is 434 g/mol. The molecule has 0 spiro atoms. The minimum atomic E-state index is -0.674. The molecule has 2 aromatic rings. The Kier molecular flexibility index (Phi) is 6.45. The van der Waals surface area contributed by atoms with Crippen molar-refractivity contribution in [2.75, 3.05) is 23.4 Å². The van der Waals surface area contributed by atoms with E-state index >= 15 is 0 Å². The van der Waals surface area contributed by atoms with Crippen LogP contribution in [0.25, 0.3) is 0 Å². The first-order chi connectivity index (χ1) is 13.7. The van der Waals surface area contributed by atoms with Crippen molar-refractivity contribution < 1.29 is 19.1 Å². The highest BCUT2D eigenvalue weighted by Crippen LogP contribution is 2.35. The maximum absolute atomic E-state index is 12.3. The summed E-state index contributed by atoms with van der Waals surface area (Å²) < 4.78 is 5.12. The molecule has 0 radical (unpaired) electrons. The van der Waals surface area contributed by atoms with Crippen LogP contribution in [0.5, 0.6) is 0 Å². The van der Waals surface area contributed by atoms with Crippen LogP contribution >= 0.6 is 23.2 Å². The third-order valence-electron chi connectivity index (χ3n) is 4.53. The van der Waals surface area contributed by atoms with Gasteiger partial charge in [0.2, 0.25) is 5.91 Å². The lowest BCUT2D eigenvalue weighted by Gasteiger charge is -2.18. The Morgan fingerprint density at radius 3 is 2.55 bits per heavy atom. The standard InChI is InChI=1S/C21H20Cl2N2O4/c1-12-6-13(2)8-15(7-12)24-18(26)11-29-21(28)14-9-19(27)25(10-14)17-5-3-4-16(22)20(17)23/h3-8,14H,9-11H2,1-2H3,(H,24,26)/t14-/m1/s1. The quantitative estimate of drug-likeness (QED) is 0.717. The number of nitrogens with one attached hydrogen (secondary N) is 1. The van der Waals surface area contributed by atoms with Gasteiger partial charge in [0.1, 0.15) is 0 Å². The van der Waals surface area contributed by atoms with E-state index in [1.165, 1.54) is 4.90 Å². The number of hydrogen-bond acceptors (Lipinski definition) is 4. The Hall–Kier alpha value is -2.57. The van der Waals surface area contributed by atoms with Crippen LogP contribution in [0.3, 0.4) is 0 Å². The molecular formula is C21H20Cl2N2O4. The number of aryl methyl sites for hydroxylation is 2. The van der Waals surface area contributed by atoms with E-state index in [2.05, 4.69) is 5.32 Å². The van der Waals surface area contributed by atoms with Gasteiger partial charge in [0.15, 0.2) is 6.61 Å². The summed E-state index contributed by atoms with van der Waals surface area (Å²) in [5, 5.41) is 3.28. The second-order valence-corrected chi connectivity index (χ2v) is 7.80. The maximum Gasteiger partial charge on any atom is 0.311 e. The summed E-state index contributed by atoms with van der Waals surface area (Å²) in [7, 11) is 0. The van der Waals surface area contributed by atoms with Crippen LogP contribution in [0.1, 0.15) is 17.5 Å². The third kappa shape index (κ3) is 5.08. The number of benzene rings is 2. The minimum Gasteiger partial charge on any atom is -0.455 e. The Morgan fingerprint density at radius 2 is 1.86 bits per heavy atom. The van der Waals surface area contributed by atoms with E-state index in [0.717, 1.165) is 11.1 Å². The number of anilines is 2. The van der Waals surface area contributed by atoms with Gasteiger partial charge in [-0.1, -0.05) is 35.3 Å². The van der Waals surface area contributed by atoms with Gasteiger partial charge in [-0.15, -0.1) is 0 Å². The van der Waals surface area contributed by atoms with Crippen LogP contribution in [0.2, 0.25) is 10.0 Å². The molecule has 1 saturated heterocycles.